The van der Waals surface area contributed by atoms with Gasteiger partial charge < -0.3 is 14.8 Å². The van der Waals surface area contributed by atoms with Crippen molar-refractivity contribution in [1.29, 1.82) is 0 Å². The molecule has 0 aromatic heterocycles. The summed E-state index contributed by atoms with van der Waals surface area (Å²) >= 11 is 0. The Morgan fingerprint density at radius 2 is 2.00 bits per heavy atom. The second-order valence-corrected chi connectivity index (χ2v) is 5.82. The second-order valence-electron chi connectivity index (χ2n) is 5.82. The Hall–Kier alpha value is -1.22. The average Bonchev–Trinajstić information content (AvgIpc) is 2.66. The number of hydrogen-bond acceptors (Lipinski definition) is 3. The Balaban J connectivity index is 1.66. The summed E-state index contributed by atoms with van der Waals surface area (Å²) in [5, 5.41) is 3.64. The Bertz CT molecular complexity index is 425. The molecule has 0 bridgehead atoms. The first-order valence-corrected chi connectivity index (χ1v) is 7.43. The fourth-order valence-corrected chi connectivity index (χ4v) is 2.85. The first-order chi connectivity index (χ1) is 9.31. The van der Waals surface area contributed by atoms with E-state index in [1.165, 1.54) is 18.4 Å². The maximum Gasteiger partial charge on any atom is 0.161 e. The molecular weight excluding hydrogens is 238 g/mol. The predicted octanol–water partition coefficient (Wildman–Crippen LogP) is 2.78. The van der Waals surface area contributed by atoms with E-state index in [0.717, 1.165) is 50.0 Å². The third kappa shape index (κ3) is 3.21. The zero-order valence-corrected chi connectivity index (χ0v) is 11.7. The first-order valence-electron chi connectivity index (χ1n) is 7.43. The van der Waals surface area contributed by atoms with Gasteiger partial charge in [0.15, 0.2) is 11.5 Å². The number of ether oxygens (including phenoxy) is 2. The van der Waals surface area contributed by atoms with Crippen molar-refractivity contribution in [3.63, 3.8) is 0 Å². The summed E-state index contributed by atoms with van der Waals surface area (Å²) in [6.07, 6.45) is 4.66. The van der Waals surface area contributed by atoms with Gasteiger partial charge in [-0.3, -0.25) is 0 Å². The number of nitrogens with one attached hydrogen (secondary N) is 1. The maximum absolute atomic E-state index is 5.75. The molecule has 1 aromatic rings. The highest BCUT2D eigenvalue weighted by molar-refractivity contribution is 5.43. The van der Waals surface area contributed by atoms with E-state index in [4.69, 9.17) is 9.47 Å². The van der Waals surface area contributed by atoms with Gasteiger partial charge in [0.1, 0.15) is 0 Å². The third-order valence-electron chi connectivity index (χ3n) is 4.06. The normalized spacial score (nSPS) is 26.8. The zero-order chi connectivity index (χ0) is 13.1. The summed E-state index contributed by atoms with van der Waals surface area (Å²) in [6, 6.07) is 7.00. The van der Waals surface area contributed by atoms with Gasteiger partial charge in [-0.15, -0.1) is 0 Å². The minimum absolute atomic E-state index is 0.612. The van der Waals surface area contributed by atoms with E-state index >= 15 is 0 Å². The predicted molar refractivity (Wildman–Crippen MR) is 75.9 cm³/mol. The SMILES string of the molecule is CC1CCC(Cc2ccc3c(c2)OCCCO3)NC1. The van der Waals surface area contributed by atoms with Crippen LogP contribution in [0.4, 0.5) is 0 Å². The highest BCUT2D eigenvalue weighted by atomic mass is 16.5. The van der Waals surface area contributed by atoms with Crippen LogP contribution in [0.15, 0.2) is 18.2 Å². The van der Waals surface area contributed by atoms with Gasteiger partial charge in [0.25, 0.3) is 0 Å². The maximum atomic E-state index is 5.75. The molecule has 2 unspecified atom stereocenters. The van der Waals surface area contributed by atoms with Crippen LogP contribution < -0.4 is 14.8 Å². The molecule has 1 saturated heterocycles. The van der Waals surface area contributed by atoms with Gasteiger partial charge in [0, 0.05) is 12.5 Å². The molecule has 3 rings (SSSR count). The van der Waals surface area contributed by atoms with Crippen molar-refractivity contribution >= 4 is 0 Å². The Kier molecular flexibility index (Phi) is 3.92. The molecular formula is C16H23NO2. The number of fused-ring (bicyclic) bond motifs is 1. The van der Waals surface area contributed by atoms with Crippen molar-refractivity contribution in [1.82, 2.24) is 5.32 Å². The molecule has 3 heteroatoms. The summed E-state index contributed by atoms with van der Waals surface area (Å²) in [6.45, 7) is 4.98. The van der Waals surface area contributed by atoms with Crippen molar-refractivity contribution in [2.24, 2.45) is 5.92 Å². The highest BCUT2D eigenvalue weighted by Gasteiger charge is 2.18. The molecule has 19 heavy (non-hydrogen) atoms. The highest BCUT2D eigenvalue weighted by Crippen LogP contribution is 2.31. The van der Waals surface area contributed by atoms with E-state index in [-0.39, 0.29) is 0 Å². The molecule has 0 radical (unpaired) electrons. The van der Waals surface area contributed by atoms with Gasteiger partial charge in [0.2, 0.25) is 0 Å². The number of rotatable bonds is 2. The molecule has 3 nitrogen and oxygen atoms in total. The van der Waals surface area contributed by atoms with Gasteiger partial charge in [0.05, 0.1) is 13.2 Å². The van der Waals surface area contributed by atoms with Gasteiger partial charge >= 0.3 is 0 Å². The van der Waals surface area contributed by atoms with Gasteiger partial charge in [-0.25, -0.2) is 0 Å². The van der Waals surface area contributed by atoms with E-state index in [9.17, 15) is 0 Å². The Morgan fingerprint density at radius 1 is 1.16 bits per heavy atom. The van der Waals surface area contributed by atoms with Gasteiger partial charge in [-0.2, -0.15) is 0 Å². The summed E-state index contributed by atoms with van der Waals surface area (Å²) in [5.74, 6) is 2.63. The van der Waals surface area contributed by atoms with Crippen molar-refractivity contribution in [3.05, 3.63) is 23.8 Å². The zero-order valence-electron chi connectivity index (χ0n) is 11.7. The van der Waals surface area contributed by atoms with Crippen LogP contribution in [0.5, 0.6) is 11.5 Å². The van der Waals surface area contributed by atoms with Crippen molar-refractivity contribution in [3.8, 4) is 11.5 Å². The number of benzene rings is 1. The van der Waals surface area contributed by atoms with Crippen LogP contribution in [-0.4, -0.2) is 25.8 Å². The van der Waals surface area contributed by atoms with E-state index < -0.39 is 0 Å². The molecule has 0 amide bonds. The van der Waals surface area contributed by atoms with Crippen LogP contribution in [0.2, 0.25) is 0 Å². The Morgan fingerprint density at radius 3 is 2.79 bits per heavy atom. The van der Waals surface area contributed by atoms with Crippen LogP contribution in [0, 0.1) is 5.92 Å². The lowest BCUT2D eigenvalue weighted by molar-refractivity contribution is 0.296. The topological polar surface area (TPSA) is 30.5 Å². The van der Waals surface area contributed by atoms with Crippen molar-refractivity contribution in [2.75, 3.05) is 19.8 Å². The molecule has 2 heterocycles. The lowest BCUT2D eigenvalue weighted by Gasteiger charge is -2.28. The lowest BCUT2D eigenvalue weighted by atomic mass is 9.92. The molecule has 1 N–H and O–H groups in total. The molecule has 104 valence electrons. The van der Waals surface area contributed by atoms with E-state index in [1.807, 2.05) is 0 Å². The molecule has 2 aliphatic heterocycles. The van der Waals surface area contributed by atoms with Crippen molar-refractivity contribution < 1.29 is 9.47 Å². The van der Waals surface area contributed by atoms with Crippen molar-refractivity contribution in [2.45, 2.75) is 38.6 Å². The lowest BCUT2D eigenvalue weighted by Crippen LogP contribution is -2.39. The van der Waals surface area contributed by atoms with Crippen LogP contribution in [0.3, 0.4) is 0 Å². The minimum Gasteiger partial charge on any atom is -0.490 e. The molecule has 2 atom stereocenters. The first kappa shape index (κ1) is 12.8. The monoisotopic (exact) mass is 261 g/mol. The number of piperidine rings is 1. The van der Waals surface area contributed by atoms with Gasteiger partial charge in [-0.05, 0) is 49.4 Å². The van der Waals surface area contributed by atoms with E-state index in [1.54, 1.807) is 0 Å². The molecule has 0 spiro atoms. The van der Waals surface area contributed by atoms with Crippen LogP contribution >= 0.6 is 0 Å². The Labute approximate surface area is 115 Å². The molecule has 1 aromatic carbocycles. The molecule has 0 aliphatic carbocycles. The van der Waals surface area contributed by atoms with Crippen LogP contribution in [-0.2, 0) is 6.42 Å². The largest absolute Gasteiger partial charge is 0.490 e. The fraction of sp³-hybridized carbons (Fsp3) is 0.625. The van der Waals surface area contributed by atoms with Gasteiger partial charge in [-0.1, -0.05) is 13.0 Å². The second kappa shape index (κ2) is 5.83. The third-order valence-corrected chi connectivity index (χ3v) is 4.06. The summed E-state index contributed by atoms with van der Waals surface area (Å²) in [4.78, 5) is 0. The van der Waals surface area contributed by atoms with E-state index in [0.29, 0.717) is 6.04 Å². The quantitative estimate of drug-likeness (QED) is 0.888. The summed E-state index contributed by atoms with van der Waals surface area (Å²) < 4.78 is 11.4. The summed E-state index contributed by atoms with van der Waals surface area (Å²) in [5.41, 5.74) is 1.34. The fourth-order valence-electron chi connectivity index (χ4n) is 2.85. The average molecular weight is 261 g/mol. The molecule has 1 fully saturated rings. The summed E-state index contributed by atoms with van der Waals surface area (Å²) in [7, 11) is 0. The smallest absolute Gasteiger partial charge is 0.161 e. The molecule has 0 saturated carbocycles. The minimum atomic E-state index is 0.612. The standard InChI is InChI=1S/C16H23NO2/c1-12-3-5-14(17-11-12)9-13-4-6-15-16(10-13)19-8-2-7-18-15/h4,6,10,12,14,17H,2-3,5,7-9,11H2,1H3. The van der Waals surface area contributed by atoms with Crippen LogP contribution in [0.1, 0.15) is 31.7 Å². The molecule has 2 aliphatic rings. The van der Waals surface area contributed by atoms with Crippen LogP contribution in [0.25, 0.3) is 0 Å². The number of hydrogen-bond donors (Lipinski definition) is 1. The van der Waals surface area contributed by atoms with E-state index in [2.05, 4.69) is 30.4 Å².